The van der Waals surface area contributed by atoms with Gasteiger partial charge in [0, 0.05) is 43.3 Å². The number of hydrogen-bond donors (Lipinski definition) is 0. The Morgan fingerprint density at radius 1 is 1.00 bits per heavy atom. The largest absolute Gasteiger partial charge is 0.465 e. The number of nitrogens with zero attached hydrogens (tertiary/aromatic N) is 2. The predicted octanol–water partition coefficient (Wildman–Crippen LogP) is 3.08. The summed E-state index contributed by atoms with van der Waals surface area (Å²) in [4.78, 5) is 28.3. The lowest BCUT2D eigenvalue weighted by Crippen LogP contribution is -2.48. The molecule has 0 aromatic heterocycles. The first-order valence-electron chi connectivity index (χ1n) is 8.51. The Morgan fingerprint density at radius 3 is 2.38 bits per heavy atom. The molecule has 0 radical (unpaired) electrons. The zero-order valence-corrected chi connectivity index (χ0v) is 15.4. The van der Waals surface area contributed by atoms with Gasteiger partial charge in [0.05, 0.1) is 12.7 Å². The topological polar surface area (TPSA) is 49.9 Å². The molecule has 0 saturated carbocycles. The van der Waals surface area contributed by atoms with Crippen LogP contribution in [0.1, 0.15) is 26.3 Å². The standard InChI is InChI=1S/C20H21ClN2O3/c1-26-20(25)17-6-2-4-15(12-17)14-22-8-10-23(11-9-22)19(24)16-5-3-7-18(21)13-16/h2-7,12-13H,8-11,14H2,1H3. The molecule has 0 bridgehead atoms. The highest BCUT2D eigenvalue weighted by atomic mass is 35.5. The third kappa shape index (κ3) is 4.42. The molecule has 1 aliphatic rings. The summed E-state index contributed by atoms with van der Waals surface area (Å²) in [5, 5.41) is 0.569. The first-order chi connectivity index (χ1) is 12.6. The lowest BCUT2D eigenvalue weighted by atomic mass is 10.1. The number of amides is 1. The monoisotopic (exact) mass is 372 g/mol. The molecule has 0 spiro atoms. The van der Waals surface area contributed by atoms with Crippen molar-refractivity contribution in [2.75, 3.05) is 33.3 Å². The molecule has 1 saturated heterocycles. The number of carbonyl (C=O) groups excluding carboxylic acids is 2. The van der Waals surface area contributed by atoms with Gasteiger partial charge in [0.1, 0.15) is 0 Å². The van der Waals surface area contributed by atoms with Crippen LogP contribution in [0.3, 0.4) is 0 Å². The van der Waals surface area contributed by atoms with Gasteiger partial charge < -0.3 is 9.64 Å². The maximum atomic E-state index is 12.6. The van der Waals surface area contributed by atoms with E-state index in [0.29, 0.717) is 29.2 Å². The molecule has 0 aliphatic carbocycles. The predicted molar refractivity (Wildman–Crippen MR) is 100 cm³/mol. The second-order valence-electron chi connectivity index (χ2n) is 6.27. The molecule has 0 unspecified atom stereocenters. The summed E-state index contributed by atoms with van der Waals surface area (Å²) in [6, 6.07) is 14.5. The van der Waals surface area contributed by atoms with Crippen molar-refractivity contribution in [1.82, 2.24) is 9.80 Å². The van der Waals surface area contributed by atoms with Gasteiger partial charge in [0.15, 0.2) is 0 Å². The second-order valence-corrected chi connectivity index (χ2v) is 6.71. The van der Waals surface area contributed by atoms with Gasteiger partial charge >= 0.3 is 5.97 Å². The van der Waals surface area contributed by atoms with Crippen molar-refractivity contribution in [3.05, 3.63) is 70.2 Å². The molecule has 2 aromatic rings. The average molecular weight is 373 g/mol. The minimum absolute atomic E-state index is 0.0137. The van der Waals surface area contributed by atoms with Crippen LogP contribution in [0.25, 0.3) is 0 Å². The van der Waals surface area contributed by atoms with Crippen LogP contribution < -0.4 is 0 Å². The average Bonchev–Trinajstić information content (AvgIpc) is 2.67. The van der Waals surface area contributed by atoms with Gasteiger partial charge in [0.25, 0.3) is 5.91 Å². The molecule has 6 heteroatoms. The number of piperazine rings is 1. The molecule has 1 heterocycles. The number of ether oxygens (including phenoxy) is 1. The van der Waals surface area contributed by atoms with Crippen molar-refractivity contribution in [3.8, 4) is 0 Å². The van der Waals surface area contributed by atoms with E-state index in [-0.39, 0.29) is 11.9 Å². The zero-order valence-electron chi connectivity index (χ0n) is 14.7. The van der Waals surface area contributed by atoms with Crippen molar-refractivity contribution in [2.45, 2.75) is 6.54 Å². The van der Waals surface area contributed by atoms with Crippen molar-refractivity contribution in [2.24, 2.45) is 0 Å². The fourth-order valence-corrected chi connectivity index (χ4v) is 3.28. The van der Waals surface area contributed by atoms with Gasteiger partial charge in [0.2, 0.25) is 0 Å². The van der Waals surface area contributed by atoms with Crippen molar-refractivity contribution in [1.29, 1.82) is 0 Å². The summed E-state index contributed by atoms with van der Waals surface area (Å²) in [5.41, 5.74) is 2.24. The van der Waals surface area contributed by atoms with E-state index in [9.17, 15) is 9.59 Å². The van der Waals surface area contributed by atoms with Crippen LogP contribution >= 0.6 is 11.6 Å². The fraction of sp³-hybridized carbons (Fsp3) is 0.300. The summed E-state index contributed by atoms with van der Waals surface area (Å²) < 4.78 is 4.77. The van der Waals surface area contributed by atoms with E-state index < -0.39 is 0 Å². The van der Waals surface area contributed by atoms with Crippen LogP contribution in [0, 0.1) is 0 Å². The summed E-state index contributed by atoms with van der Waals surface area (Å²) >= 11 is 5.97. The highest BCUT2D eigenvalue weighted by molar-refractivity contribution is 6.30. The van der Waals surface area contributed by atoms with Crippen LogP contribution in [-0.4, -0.2) is 55.0 Å². The third-order valence-corrected chi connectivity index (χ3v) is 4.72. The first kappa shape index (κ1) is 18.4. The van der Waals surface area contributed by atoms with E-state index in [2.05, 4.69) is 4.90 Å². The molecule has 3 rings (SSSR count). The molecule has 0 atom stereocenters. The van der Waals surface area contributed by atoms with Gasteiger partial charge in [-0.2, -0.15) is 0 Å². The maximum Gasteiger partial charge on any atom is 0.337 e. The normalized spacial score (nSPS) is 14.9. The molecule has 1 aliphatic heterocycles. The van der Waals surface area contributed by atoms with Crippen LogP contribution in [0.2, 0.25) is 5.02 Å². The maximum absolute atomic E-state index is 12.6. The van der Waals surface area contributed by atoms with Crippen molar-refractivity contribution >= 4 is 23.5 Å². The van der Waals surface area contributed by atoms with Crippen molar-refractivity contribution < 1.29 is 14.3 Å². The number of carbonyl (C=O) groups is 2. The Morgan fingerprint density at radius 2 is 1.69 bits per heavy atom. The van der Waals surface area contributed by atoms with E-state index >= 15 is 0 Å². The van der Waals surface area contributed by atoms with Gasteiger partial charge in [-0.3, -0.25) is 9.69 Å². The summed E-state index contributed by atoms with van der Waals surface area (Å²) in [6.07, 6.45) is 0. The van der Waals surface area contributed by atoms with Crippen LogP contribution in [0.4, 0.5) is 0 Å². The minimum Gasteiger partial charge on any atom is -0.465 e. The van der Waals surface area contributed by atoms with Gasteiger partial charge in [-0.1, -0.05) is 29.8 Å². The first-order valence-corrected chi connectivity index (χ1v) is 8.89. The Labute approximate surface area is 158 Å². The van der Waals surface area contributed by atoms with E-state index in [0.717, 1.165) is 25.2 Å². The number of rotatable bonds is 4. The Kier molecular flexibility index (Phi) is 5.91. The number of esters is 1. The highest BCUT2D eigenvalue weighted by Crippen LogP contribution is 2.16. The molecule has 0 N–H and O–H groups in total. The Balaban J connectivity index is 1.57. The molecule has 2 aromatic carbocycles. The molecular weight excluding hydrogens is 352 g/mol. The van der Waals surface area contributed by atoms with E-state index in [1.165, 1.54) is 7.11 Å². The summed E-state index contributed by atoms with van der Waals surface area (Å²) in [7, 11) is 1.38. The van der Waals surface area contributed by atoms with E-state index in [1.807, 2.05) is 23.1 Å². The van der Waals surface area contributed by atoms with E-state index in [4.69, 9.17) is 16.3 Å². The third-order valence-electron chi connectivity index (χ3n) is 4.49. The van der Waals surface area contributed by atoms with Crippen LogP contribution in [0.15, 0.2) is 48.5 Å². The lowest BCUT2D eigenvalue weighted by Gasteiger charge is -2.34. The molecule has 26 heavy (non-hydrogen) atoms. The Bertz CT molecular complexity index is 801. The quantitative estimate of drug-likeness (QED) is 0.774. The number of hydrogen-bond acceptors (Lipinski definition) is 4. The van der Waals surface area contributed by atoms with E-state index in [1.54, 1.807) is 30.3 Å². The van der Waals surface area contributed by atoms with Crippen molar-refractivity contribution in [3.63, 3.8) is 0 Å². The zero-order chi connectivity index (χ0) is 18.5. The lowest BCUT2D eigenvalue weighted by molar-refractivity contribution is 0.0595. The van der Waals surface area contributed by atoms with Gasteiger partial charge in [-0.15, -0.1) is 0 Å². The number of methoxy groups -OCH3 is 1. The summed E-state index contributed by atoms with van der Waals surface area (Å²) in [5.74, 6) is -0.316. The molecular formula is C20H21ClN2O3. The number of halogens is 1. The molecule has 1 amide bonds. The highest BCUT2D eigenvalue weighted by Gasteiger charge is 2.22. The SMILES string of the molecule is COC(=O)c1cccc(CN2CCN(C(=O)c3cccc(Cl)c3)CC2)c1. The minimum atomic E-state index is -0.330. The molecule has 5 nitrogen and oxygen atoms in total. The smallest absolute Gasteiger partial charge is 0.337 e. The molecule has 1 fully saturated rings. The summed E-state index contributed by atoms with van der Waals surface area (Å²) in [6.45, 7) is 3.65. The Hall–Kier alpha value is -2.37. The molecule has 136 valence electrons. The van der Waals surface area contributed by atoms with Crippen LogP contribution in [-0.2, 0) is 11.3 Å². The second kappa shape index (κ2) is 8.34. The van der Waals surface area contributed by atoms with Gasteiger partial charge in [-0.25, -0.2) is 4.79 Å². The fourth-order valence-electron chi connectivity index (χ4n) is 3.09. The van der Waals surface area contributed by atoms with Crippen LogP contribution in [0.5, 0.6) is 0 Å². The number of benzene rings is 2. The van der Waals surface area contributed by atoms with Gasteiger partial charge in [-0.05, 0) is 35.9 Å².